The Labute approximate surface area is 131 Å². The molecule has 1 aromatic heterocycles. The third-order valence-electron chi connectivity index (χ3n) is 4.06. The van der Waals surface area contributed by atoms with Crippen LogP contribution in [0.3, 0.4) is 0 Å². The van der Waals surface area contributed by atoms with Crippen molar-refractivity contribution in [2.75, 3.05) is 6.61 Å². The minimum absolute atomic E-state index is 0.701. The molecule has 3 nitrogen and oxygen atoms in total. The van der Waals surface area contributed by atoms with Crippen molar-refractivity contribution < 1.29 is 9.30 Å². The molecule has 0 spiro atoms. The highest BCUT2D eigenvalue weighted by atomic mass is 16.5. The quantitative estimate of drug-likeness (QED) is 0.390. The fourth-order valence-corrected chi connectivity index (χ4v) is 2.72. The summed E-state index contributed by atoms with van der Waals surface area (Å²) < 4.78 is 10.2. The second-order valence-electron chi connectivity index (χ2n) is 6.06. The summed E-state index contributed by atoms with van der Waals surface area (Å²) in [5.74, 6) is 1.36. The van der Waals surface area contributed by atoms with E-state index in [4.69, 9.17) is 4.74 Å². The highest BCUT2D eigenvalue weighted by Gasteiger charge is 2.12. The van der Waals surface area contributed by atoms with Crippen molar-refractivity contribution in [2.45, 2.75) is 84.8 Å². The van der Waals surface area contributed by atoms with Crippen LogP contribution >= 0.6 is 0 Å². The predicted octanol–water partition coefficient (Wildman–Crippen LogP) is 4.38. The third kappa shape index (κ3) is 7.66. The SMILES string of the molecule is CCCCCCCCCCOCn1cc[n+](C)c1CCC. The van der Waals surface area contributed by atoms with Gasteiger partial charge in [-0.05, 0) is 12.8 Å². The van der Waals surface area contributed by atoms with E-state index in [0.29, 0.717) is 6.73 Å². The van der Waals surface area contributed by atoms with Crippen molar-refractivity contribution >= 4 is 0 Å². The number of hydrogen-bond acceptors (Lipinski definition) is 1. The number of hydrogen-bond donors (Lipinski definition) is 0. The average Bonchev–Trinajstić information content (AvgIpc) is 2.83. The molecule has 0 radical (unpaired) electrons. The van der Waals surface area contributed by atoms with E-state index in [-0.39, 0.29) is 0 Å². The van der Waals surface area contributed by atoms with Gasteiger partial charge in [-0.2, -0.15) is 0 Å². The molecule has 0 atom stereocenters. The van der Waals surface area contributed by atoms with E-state index in [9.17, 15) is 0 Å². The van der Waals surface area contributed by atoms with Gasteiger partial charge in [-0.3, -0.25) is 0 Å². The molecule has 0 aliphatic heterocycles. The van der Waals surface area contributed by atoms with Crippen LogP contribution in [-0.2, 0) is 24.9 Å². The van der Waals surface area contributed by atoms with Gasteiger partial charge in [0.1, 0.15) is 12.4 Å². The molecule has 0 unspecified atom stereocenters. The molecule has 0 saturated heterocycles. The normalized spacial score (nSPS) is 11.2. The number of aromatic nitrogens is 2. The van der Waals surface area contributed by atoms with E-state index in [1.54, 1.807) is 0 Å². The molecule has 0 aliphatic carbocycles. The van der Waals surface area contributed by atoms with Crippen molar-refractivity contribution in [3.63, 3.8) is 0 Å². The summed E-state index contributed by atoms with van der Waals surface area (Å²) in [5.41, 5.74) is 0. The van der Waals surface area contributed by atoms with E-state index in [1.807, 2.05) is 0 Å². The van der Waals surface area contributed by atoms with E-state index < -0.39 is 0 Å². The zero-order valence-corrected chi connectivity index (χ0v) is 14.4. The molecule has 1 heterocycles. The van der Waals surface area contributed by atoms with Crippen molar-refractivity contribution in [1.29, 1.82) is 0 Å². The maximum absolute atomic E-state index is 5.81. The average molecular weight is 295 g/mol. The molecule has 0 saturated carbocycles. The third-order valence-corrected chi connectivity index (χ3v) is 4.06. The van der Waals surface area contributed by atoms with Crippen LogP contribution in [0.1, 0.15) is 77.5 Å². The van der Waals surface area contributed by atoms with Crippen molar-refractivity contribution in [2.24, 2.45) is 7.05 Å². The molecule has 0 bridgehead atoms. The highest BCUT2D eigenvalue weighted by molar-refractivity contribution is 4.82. The van der Waals surface area contributed by atoms with Gasteiger partial charge in [-0.1, -0.05) is 58.8 Å². The number of ether oxygens (including phenoxy) is 1. The molecule has 0 N–H and O–H groups in total. The highest BCUT2D eigenvalue weighted by Crippen LogP contribution is 2.08. The predicted molar refractivity (Wildman–Crippen MR) is 88.2 cm³/mol. The van der Waals surface area contributed by atoms with Gasteiger partial charge in [-0.15, -0.1) is 0 Å². The minimum Gasteiger partial charge on any atom is -0.342 e. The smallest absolute Gasteiger partial charge is 0.258 e. The van der Waals surface area contributed by atoms with Crippen LogP contribution < -0.4 is 4.57 Å². The molecular formula is C18H35N2O+. The molecule has 1 rings (SSSR count). The van der Waals surface area contributed by atoms with Crippen LogP contribution in [0, 0.1) is 0 Å². The summed E-state index contributed by atoms with van der Waals surface area (Å²) in [7, 11) is 2.11. The maximum atomic E-state index is 5.81. The number of rotatable bonds is 13. The van der Waals surface area contributed by atoms with E-state index >= 15 is 0 Å². The van der Waals surface area contributed by atoms with Crippen LogP contribution in [0.25, 0.3) is 0 Å². The number of unbranched alkanes of at least 4 members (excludes halogenated alkanes) is 7. The lowest BCUT2D eigenvalue weighted by atomic mass is 10.1. The topological polar surface area (TPSA) is 18.0 Å². The summed E-state index contributed by atoms with van der Waals surface area (Å²) in [4.78, 5) is 0. The van der Waals surface area contributed by atoms with Gasteiger partial charge < -0.3 is 4.74 Å². The molecule has 0 amide bonds. The minimum atomic E-state index is 0.701. The molecule has 3 heteroatoms. The lowest BCUT2D eigenvalue weighted by molar-refractivity contribution is -0.679. The van der Waals surface area contributed by atoms with Crippen molar-refractivity contribution in [3.05, 3.63) is 18.2 Å². The van der Waals surface area contributed by atoms with Crippen LogP contribution in [0.2, 0.25) is 0 Å². The number of nitrogens with zero attached hydrogens (tertiary/aromatic N) is 2. The van der Waals surface area contributed by atoms with Gasteiger partial charge in [0.25, 0.3) is 5.82 Å². The van der Waals surface area contributed by atoms with Gasteiger partial charge in [0.2, 0.25) is 0 Å². The van der Waals surface area contributed by atoms with E-state index in [1.165, 1.54) is 63.6 Å². The Hall–Kier alpha value is -0.830. The van der Waals surface area contributed by atoms with Gasteiger partial charge in [-0.25, -0.2) is 9.13 Å². The first-order chi connectivity index (χ1) is 10.3. The van der Waals surface area contributed by atoms with E-state index in [0.717, 1.165) is 13.0 Å². The van der Waals surface area contributed by atoms with Crippen LogP contribution in [-0.4, -0.2) is 11.2 Å². The zero-order chi connectivity index (χ0) is 15.3. The Bertz CT molecular complexity index is 360. The Kier molecular flexibility index (Phi) is 10.2. The van der Waals surface area contributed by atoms with Gasteiger partial charge in [0.15, 0.2) is 6.73 Å². The van der Waals surface area contributed by atoms with Crippen molar-refractivity contribution in [1.82, 2.24) is 4.57 Å². The molecule has 0 aromatic carbocycles. The van der Waals surface area contributed by atoms with Gasteiger partial charge >= 0.3 is 0 Å². The summed E-state index contributed by atoms with van der Waals surface area (Å²) >= 11 is 0. The molecule has 1 aromatic rings. The Balaban J connectivity index is 2.02. The molecule has 122 valence electrons. The summed E-state index contributed by atoms with van der Waals surface area (Å²) in [6.07, 6.45) is 17.4. The largest absolute Gasteiger partial charge is 0.342 e. The maximum Gasteiger partial charge on any atom is 0.258 e. The lowest BCUT2D eigenvalue weighted by Gasteiger charge is -2.04. The molecule has 0 fully saturated rings. The number of aryl methyl sites for hydroxylation is 1. The second-order valence-corrected chi connectivity index (χ2v) is 6.06. The summed E-state index contributed by atoms with van der Waals surface area (Å²) in [6, 6.07) is 0. The van der Waals surface area contributed by atoms with Crippen LogP contribution in [0.4, 0.5) is 0 Å². The fourth-order valence-electron chi connectivity index (χ4n) is 2.72. The van der Waals surface area contributed by atoms with Crippen LogP contribution in [0.5, 0.6) is 0 Å². The molecule has 0 aliphatic rings. The molecule has 21 heavy (non-hydrogen) atoms. The lowest BCUT2D eigenvalue weighted by Crippen LogP contribution is -2.32. The Morgan fingerprint density at radius 2 is 1.62 bits per heavy atom. The van der Waals surface area contributed by atoms with E-state index in [2.05, 4.69) is 42.4 Å². The standard InChI is InChI=1S/C18H35N2O/c1-4-6-7-8-9-10-11-12-16-21-17-20-15-14-19(3)18(20)13-5-2/h14-15H,4-13,16-17H2,1-3H3/q+1. The van der Waals surface area contributed by atoms with Crippen LogP contribution in [0.15, 0.2) is 12.4 Å². The Morgan fingerprint density at radius 1 is 0.952 bits per heavy atom. The second kappa shape index (κ2) is 11.8. The zero-order valence-electron chi connectivity index (χ0n) is 14.4. The Morgan fingerprint density at radius 3 is 2.29 bits per heavy atom. The first-order valence-corrected chi connectivity index (χ1v) is 8.91. The first kappa shape index (κ1) is 18.2. The summed E-state index contributed by atoms with van der Waals surface area (Å²) in [5, 5.41) is 0. The van der Waals surface area contributed by atoms with Gasteiger partial charge in [0, 0.05) is 6.42 Å². The number of imidazole rings is 1. The summed E-state index contributed by atoms with van der Waals surface area (Å²) in [6.45, 7) is 6.09. The monoisotopic (exact) mass is 295 g/mol. The fraction of sp³-hybridized carbons (Fsp3) is 0.833. The first-order valence-electron chi connectivity index (χ1n) is 8.91. The van der Waals surface area contributed by atoms with Crippen molar-refractivity contribution in [3.8, 4) is 0 Å². The van der Waals surface area contributed by atoms with Gasteiger partial charge in [0.05, 0.1) is 13.7 Å². The molecular weight excluding hydrogens is 260 g/mol.